The van der Waals surface area contributed by atoms with E-state index in [0.717, 1.165) is 0 Å². The molecule has 0 saturated carbocycles. The molecule has 2 aromatic carbocycles. The van der Waals surface area contributed by atoms with E-state index in [9.17, 15) is 14.4 Å². The molecular formula is C19H18N2O5. The molecule has 0 radical (unpaired) electrons. The molecule has 26 heavy (non-hydrogen) atoms. The monoisotopic (exact) mass is 354 g/mol. The van der Waals surface area contributed by atoms with Crippen LogP contribution in [0.4, 0.5) is 11.4 Å². The minimum atomic E-state index is -0.672. The van der Waals surface area contributed by atoms with Crippen LogP contribution in [0.1, 0.15) is 13.8 Å². The van der Waals surface area contributed by atoms with Gasteiger partial charge in [0.05, 0.1) is 5.69 Å². The molecule has 7 nitrogen and oxygen atoms in total. The van der Waals surface area contributed by atoms with Crippen molar-refractivity contribution in [3.05, 3.63) is 48.5 Å². The van der Waals surface area contributed by atoms with Crippen LogP contribution >= 0.6 is 0 Å². The van der Waals surface area contributed by atoms with E-state index in [0.29, 0.717) is 22.9 Å². The first-order chi connectivity index (χ1) is 12.4. The Hall–Kier alpha value is -3.35. The normalized spacial score (nSPS) is 15.7. The highest BCUT2D eigenvalue weighted by Crippen LogP contribution is 2.33. The number of anilines is 2. The summed E-state index contributed by atoms with van der Waals surface area (Å²) in [6.45, 7) is 2.82. The Kier molecular flexibility index (Phi) is 4.88. The standard InChI is InChI=1S/C19H18N2O5/c1-12-19(24)21(16-5-3-4-6-17(16)25-12)11-18(23)26-15-9-7-14(8-10-15)20-13(2)22/h3-10,12H,11H2,1-2H3,(H,20,22). The van der Waals surface area contributed by atoms with Gasteiger partial charge in [-0.05, 0) is 43.3 Å². The first-order valence-electron chi connectivity index (χ1n) is 8.09. The molecule has 1 heterocycles. The Bertz CT molecular complexity index is 847. The van der Waals surface area contributed by atoms with E-state index in [2.05, 4.69) is 5.32 Å². The summed E-state index contributed by atoms with van der Waals surface area (Å²) in [6.07, 6.45) is -0.672. The van der Waals surface area contributed by atoms with Crippen LogP contribution in [0, 0.1) is 0 Å². The Labute approximate surface area is 150 Å². The number of benzene rings is 2. The average molecular weight is 354 g/mol. The highest BCUT2D eigenvalue weighted by atomic mass is 16.5. The van der Waals surface area contributed by atoms with Crippen LogP contribution < -0.4 is 19.7 Å². The Morgan fingerprint density at radius 1 is 1.15 bits per heavy atom. The first-order valence-corrected chi connectivity index (χ1v) is 8.09. The van der Waals surface area contributed by atoms with Gasteiger partial charge in [-0.15, -0.1) is 0 Å². The van der Waals surface area contributed by atoms with Gasteiger partial charge in [0.1, 0.15) is 18.0 Å². The number of carbonyl (C=O) groups is 3. The van der Waals surface area contributed by atoms with Crippen molar-refractivity contribution in [3.63, 3.8) is 0 Å². The van der Waals surface area contributed by atoms with Crippen LogP contribution in [-0.2, 0) is 14.4 Å². The summed E-state index contributed by atoms with van der Waals surface area (Å²) in [7, 11) is 0. The van der Waals surface area contributed by atoms with E-state index in [4.69, 9.17) is 9.47 Å². The number of rotatable bonds is 4. The van der Waals surface area contributed by atoms with Crippen molar-refractivity contribution in [2.24, 2.45) is 0 Å². The average Bonchev–Trinajstić information content (AvgIpc) is 2.60. The molecule has 0 bridgehead atoms. The van der Waals surface area contributed by atoms with Crippen molar-refractivity contribution in [3.8, 4) is 11.5 Å². The molecule has 1 aliphatic rings. The van der Waals surface area contributed by atoms with Crippen molar-refractivity contribution in [2.45, 2.75) is 20.0 Å². The number of para-hydroxylation sites is 2. The van der Waals surface area contributed by atoms with Crippen molar-refractivity contribution in [2.75, 3.05) is 16.8 Å². The zero-order valence-electron chi connectivity index (χ0n) is 14.4. The number of ether oxygens (including phenoxy) is 2. The van der Waals surface area contributed by atoms with Gasteiger partial charge in [-0.1, -0.05) is 12.1 Å². The van der Waals surface area contributed by atoms with Gasteiger partial charge in [-0.2, -0.15) is 0 Å². The molecule has 2 amide bonds. The third kappa shape index (κ3) is 3.83. The fourth-order valence-electron chi connectivity index (χ4n) is 2.62. The number of hydrogen-bond acceptors (Lipinski definition) is 5. The zero-order valence-corrected chi connectivity index (χ0v) is 14.4. The second kappa shape index (κ2) is 7.26. The molecular weight excluding hydrogens is 336 g/mol. The summed E-state index contributed by atoms with van der Waals surface area (Å²) in [5.41, 5.74) is 1.14. The number of hydrogen-bond donors (Lipinski definition) is 1. The number of amides is 2. The quantitative estimate of drug-likeness (QED) is 0.673. The third-order valence-corrected chi connectivity index (χ3v) is 3.77. The minimum Gasteiger partial charge on any atom is -0.479 e. The van der Waals surface area contributed by atoms with E-state index in [1.807, 2.05) is 0 Å². The van der Waals surface area contributed by atoms with E-state index in [-0.39, 0.29) is 18.4 Å². The molecule has 0 aromatic heterocycles. The summed E-state index contributed by atoms with van der Waals surface area (Å²) in [5, 5.41) is 2.63. The molecule has 7 heteroatoms. The van der Waals surface area contributed by atoms with Crippen LogP contribution in [0.3, 0.4) is 0 Å². The molecule has 1 atom stereocenters. The van der Waals surface area contributed by atoms with Gasteiger partial charge in [-0.25, -0.2) is 4.79 Å². The lowest BCUT2D eigenvalue weighted by atomic mass is 10.2. The predicted octanol–water partition coefficient (Wildman–Crippen LogP) is 2.36. The van der Waals surface area contributed by atoms with Gasteiger partial charge >= 0.3 is 5.97 Å². The van der Waals surface area contributed by atoms with E-state index in [1.165, 1.54) is 11.8 Å². The molecule has 1 aliphatic heterocycles. The van der Waals surface area contributed by atoms with Crippen molar-refractivity contribution < 1.29 is 23.9 Å². The summed E-state index contributed by atoms with van der Waals surface area (Å²) in [4.78, 5) is 37.0. The predicted molar refractivity (Wildman–Crippen MR) is 95.3 cm³/mol. The van der Waals surface area contributed by atoms with Gasteiger partial charge in [0.25, 0.3) is 5.91 Å². The van der Waals surface area contributed by atoms with E-state index in [1.54, 1.807) is 55.5 Å². The smallest absolute Gasteiger partial charge is 0.331 e. The van der Waals surface area contributed by atoms with Gasteiger partial charge in [-0.3, -0.25) is 14.5 Å². The topological polar surface area (TPSA) is 84.9 Å². The molecule has 0 aliphatic carbocycles. The molecule has 134 valence electrons. The van der Waals surface area contributed by atoms with Crippen LogP contribution in [-0.4, -0.2) is 30.4 Å². The van der Waals surface area contributed by atoms with Crippen LogP contribution in [0.2, 0.25) is 0 Å². The van der Waals surface area contributed by atoms with Crippen molar-refractivity contribution in [1.29, 1.82) is 0 Å². The van der Waals surface area contributed by atoms with Crippen LogP contribution in [0.15, 0.2) is 48.5 Å². The maximum atomic E-state index is 12.4. The molecule has 1 unspecified atom stereocenters. The lowest BCUT2D eigenvalue weighted by Gasteiger charge is -2.32. The first kappa shape index (κ1) is 17.5. The van der Waals surface area contributed by atoms with Gasteiger partial charge in [0, 0.05) is 12.6 Å². The highest BCUT2D eigenvalue weighted by Gasteiger charge is 2.32. The maximum Gasteiger partial charge on any atom is 0.331 e. The SMILES string of the molecule is CC(=O)Nc1ccc(OC(=O)CN2C(=O)C(C)Oc3ccccc32)cc1. The number of nitrogens with one attached hydrogen (secondary N) is 1. The minimum absolute atomic E-state index is 0.187. The molecule has 0 saturated heterocycles. The number of esters is 1. The van der Waals surface area contributed by atoms with Crippen LogP contribution in [0.25, 0.3) is 0 Å². The van der Waals surface area contributed by atoms with Crippen molar-refractivity contribution in [1.82, 2.24) is 0 Å². The third-order valence-electron chi connectivity index (χ3n) is 3.77. The Balaban J connectivity index is 1.69. The fourth-order valence-corrected chi connectivity index (χ4v) is 2.62. The summed E-state index contributed by atoms with van der Waals surface area (Å²) in [6, 6.07) is 13.4. The Morgan fingerprint density at radius 2 is 1.85 bits per heavy atom. The summed E-state index contributed by atoms with van der Waals surface area (Å²) in [5.74, 6) is -0.192. The van der Waals surface area contributed by atoms with Crippen LogP contribution in [0.5, 0.6) is 11.5 Å². The lowest BCUT2D eigenvalue weighted by Crippen LogP contribution is -2.47. The molecule has 2 aromatic rings. The maximum absolute atomic E-state index is 12.4. The number of carbonyl (C=O) groups excluding carboxylic acids is 3. The molecule has 3 rings (SSSR count). The molecule has 0 fully saturated rings. The second-order valence-corrected chi connectivity index (χ2v) is 5.83. The number of fused-ring (bicyclic) bond motifs is 1. The van der Waals surface area contributed by atoms with Gasteiger partial charge in [0.2, 0.25) is 5.91 Å². The van der Waals surface area contributed by atoms with E-state index < -0.39 is 12.1 Å². The molecule has 0 spiro atoms. The summed E-state index contributed by atoms with van der Waals surface area (Å²) < 4.78 is 10.8. The van der Waals surface area contributed by atoms with E-state index >= 15 is 0 Å². The second-order valence-electron chi connectivity index (χ2n) is 5.83. The van der Waals surface area contributed by atoms with Gasteiger partial charge < -0.3 is 14.8 Å². The lowest BCUT2D eigenvalue weighted by molar-refractivity contribution is -0.135. The fraction of sp³-hybridized carbons (Fsp3) is 0.211. The Morgan fingerprint density at radius 3 is 2.54 bits per heavy atom. The highest BCUT2D eigenvalue weighted by molar-refractivity contribution is 6.03. The van der Waals surface area contributed by atoms with Crippen molar-refractivity contribution >= 4 is 29.2 Å². The molecule has 1 N–H and O–H groups in total. The largest absolute Gasteiger partial charge is 0.479 e. The summed E-state index contributed by atoms with van der Waals surface area (Å²) >= 11 is 0. The number of nitrogens with zero attached hydrogens (tertiary/aromatic N) is 1. The van der Waals surface area contributed by atoms with Gasteiger partial charge in [0.15, 0.2) is 6.10 Å². The zero-order chi connectivity index (χ0) is 18.7.